The number of rotatable bonds is 12. The standard InChI is InChI=1S/C30H36BrN3O5S/c1-6-22(3)32-30(36)23(4)33(19-24-9-7-12-27(17-24)39-5)29(35)20-34(26-11-8-10-25(31)18-26)40(37,38)28-15-13-21(2)14-16-28/h7-18,22-23H,6,19-20H2,1-5H3,(H,32,36)/t22-,23+/m1/s1. The Labute approximate surface area is 245 Å². The zero-order chi connectivity index (χ0) is 29.4. The van der Waals surface area contributed by atoms with Crippen LogP contribution in [-0.2, 0) is 26.2 Å². The minimum absolute atomic E-state index is 0.0628. The number of anilines is 1. The summed E-state index contributed by atoms with van der Waals surface area (Å²) >= 11 is 3.41. The Kier molecular flexibility index (Phi) is 10.8. The fraction of sp³-hybridized carbons (Fsp3) is 0.333. The van der Waals surface area contributed by atoms with Gasteiger partial charge in [0, 0.05) is 17.1 Å². The molecule has 0 aromatic heterocycles. The van der Waals surface area contributed by atoms with Gasteiger partial charge < -0.3 is 15.0 Å². The van der Waals surface area contributed by atoms with Crippen molar-refractivity contribution in [1.29, 1.82) is 0 Å². The zero-order valence-electron chi connectivity index (χ0n) is 23.4. The minimum Gasteiger partial charge on any atom is -0.497 e. The maximum atomic E-state index is 14.0. The van der Waals surface area contributed by atoms with E-state index in [1.807, 2.05) is 26.8 Å². The Morgan fingerprint density at radius 2 is 1.68 bits per heavy atom. The molecule has 2 amide bonds. The number of nitrogens with zero attached hydrogens (tertiary/aromatic N) is 2. The van der Waals surface area contributed by atoms with Crippen LogP contribution in [0.2, 0.25) is 0 Å². The third-order valence-corrected chi connectivity index (χ3v) is 8.92. The normalized spacial score (nSPS) is 12.8. The smallest absolute Gasteiger partial charge is 0.264 e. The lowest BCUT2D eigenvalue weighted by molar-refractivity contribution is -0.139. The zero-order valence-corrected chi connectivity index (χ0v) is 25.8. The molecule has 0 fully saturated rings. The number of aryl methyl sites for hydroxylation is 1. The minimum atomic E-state index is -4.12. The Bertz CT molecular complexity index is 1430. The summed E-state index contributed by atoms with van der Waals surface area (Å²) in [6.07, 6.45) is 0.730. The number of carbonyl (C=O) groups is 2. The molecule has 0 radical (unpaired) electrons. The van der Waals surface area contributed by atoms with Crippen molar-refractivity contribution in [2.24, 2.45) is 0 Å². The Balaban J connectivity index is 2.03. The second kappa shape index (κ2) is 13.8. The van der Waals surface area contributed by atoms with Crippen LogP contribution in [0, 0.1) is 6.92 Å². The molecule has 0 saturated carbocycles. The van der Waals surface area contributed by atoms with E-state index in [-0.39, 0.29) is 23.4 Å². The quantitative estimate of drug-likeness (QED) is 0.294. The number of hydrogen-bond donors (Lipinski definition) is 1. The molecule has 10 heteroatoms. The van der Waals surface area contributed by atoms with Gasteiger partial charge in [0.25, 0.3) is 10.0 Å². The van der Waals surface area contributed by atoms with Gasteiger partial charge in [-0.05, 0) is 75.2 Å². The van der Waals surface area contributed by atoms with Crippen molar-refractivity contribution < 1.29 is 22.7 Å². The van der Waals surface area contributed by atoms with Gasteiger partial charge in [-0.25, -0.2) is 8.42 Å². The van der Waals surface area contributed by atoms with Gasteiger partial charge in [-0.1, -0.05) is 58.7 Å². The first-order chi connectivity index (χ1) is 19.0. The van der Waals surface area contributed by atoms with Crippen LogP contribution >= 0.6 is 15.9 Å². The summed E-state index contributed by atoms with van der Waals surface area (Å²) in [7, 11) is -2.57. The number of methoxy groups -OCH3 is 1. The summed E-state index contributed by atoms with van der Waals surface area (Å²) in [5.74, 6) is -0.231. The van der Waals surface area contributed by atoms with Crippen LogP contribution in [-0.4, -0.2) is 50.9 Å². The van der Waals surface area contributed by atoms with Gasteiger partial charge in [-0.3, -0.25) is 13.9 Å². The molecule has 0 heterocycles. The van der Waals surface area contributed by atoms with Crippen LogP contribution in [0.3, 0.4) is 0 Å². The largest absolute Gasteiger partial charge is 0.497 e. The highest BCUT2D eigenvalue weighted by Gasteiger charge is 2.33. The number of hydrogen-bond acceptors (Lipinski definition) is 5. The molecule has 0 aliphatic carbocycles. The summed E-state index contributed by atoms with van der Waals surface area (Å²) in [4.78, 5) is 28.6. The average molecular weight is 631 g/mol. The lowest BCUT2D eigenvalue weighted by Crippen LogP contribution is -2.52. The third kappa shape index (κ3) is 7.85. The van der Waals surface area contributed by atoms with E-state index in [1.54, 1.807) is 68.6 Å². The fourth-order valence-corrected chi connectivity index (χ4v) is 5.81. The average Bonchev–Trinajstić information content (AvgIpc) is 2.94. The Morgan fingerprint density at radius 1 is 1.00 bits per heavy atom. The summed E-state index contributed by atoms with van der Waals surface area (Å²) < 4.78 is 34.9. The molecule has 3 aromatic carbocycles. The first-order valence-corrected chi connectivity index (χ1v) is 15.3. The van der Waals surface area contributed by atoms with E-state index < -0.39 is 28.5 Å². The number of benzene rings is 3. The molecule has 3 aromatic rings. The number of halogens is 1. The maximum absolute atomic E-state index is 14.0. The highest BCUT2D eigenvalue weighted by atomic mass is 79.9. The molecule has 0 unspecified atom stereocenters. The van der Waals surface area contributed by atoms with Crippen molar-refractivity contribution in [3.05, 3.63) is 88.4 Å². The van der Waals surface area contributed by atoms with Crippen LogP contribution < -0.4 is 14.4 Å². The van der Waals surface area contributed by atoms with E-state index in [0.717, 1.165) is 21.9 Å². The molecular weight excluding hydrogens is 594 g/mol. The van der Waals surface area contributed by atoms with E-state index in [0.29, 0.717) is 15.9 Å². The van der Waals surface area contributed by atoms with Crippen LogP contribution in [0.25, 0.3) is 0 Å². The summed E-state index contributed by atoms with van der Waals surface area (Å²) in [5.41, 5.74) is 1.97. The van der Waals surface area contributed by atoms with Crippen LogP contribution in [0.1, 0.15) is 38.3 Å². The van der Waals surface area contributed by atoms with Crippen molar-refractivity contribution in [3.8, 4) is 5.75 Å². The number of carbonyl (C=O) groups excluding carboxylic acids is 2. The number of ether oxygens (including phenoxy) is 1. The molecule has 8 nitrogen and oxygen atoms in total. The van der Waals surface area contributed by atoms with E-state index in [4.69, 9.17) is 4.74 Å². The van der Waals surface area contributed by atoms with Crippen LogP contribution in [0.5, 0.6) is 5.75 Å². The van der Waals surface area contributed by atoms with E-state index >= 15 is 0 Å². The van der Waals surface area contributed by atoms with Gasteiger partial charge in [0.2, 0.25) is 11.8 Å². The van der Waals surface area contributed by atoms with Crippen molar-refractivity contribution in [3.63, 3.8) is 0 Å². The van der Waals surface area contributed by atoms with Crippen molar-refractivity contribution in [2.45, 2.75) is 57.6 Å². The molecule has 0 saturated heterocycles. The number of sulfonamides is 1. The predicted octanol–water partition coefficient (Wildman–Crippen LogP) is 5.29. The van der Waals surface area contributed by atoms with E-state index in [9.17, 15) is 18.0 Å². The first kappa shape index (κ1) is 31.2. The van der Waals surface area contributed by atoms with Gasteiger partial charge >= 0.3 is 0 Å². The van der Waals surface area contributed by atoms with Gasteiger partial charge in [-0.15, -0.1) is 0 Å². The number of nitrogens with one attached hydrogen (secondary N) is 1. The predicted molar refractivity (Wildman–Crippen MR) is 161 cm³/mol. The van der Waals surface area contributed by atoms with E-state index in [2.05, 4.69) is 21.2 Å². The van der Waals surface area contributed by atoms with Crippen LogP contribution in [0.4, 0.5) is 5.69 Å². The number of amides is 2. The first-order valence-electron chi connectivity index (χ1n) is 13.0. The fourth-order valence-electron chi connectivity index (χ4n) is 4.01. The molecule has 214 valence electrons. The maximum Gasteiger partial charge on any atom is 0.264 e. The van der Waals surface area contributed by atoms with Crippen molar-refractivity contribution >= 4 is 43.5 Å². The molecule has 0 bridgehead atoms. The molecule has 0 aliphatic heterocycles. The van der Waals surface area contributed by atoms with Gasteiger partial charge in [-0.2, -0.15) is 0 Å². The molecule has 2 atom stereocenters. The summed E-state index contributed by atoms with van der Waals surface area (Å²) in [6.45, 7) is 6.95. The van der Waals surface area contributed by atoms with Gasteiger partial charge in [0.05, 0.1) is 17.7 Å². The van der Waals surface area contributed by atoms with Crippen LogP contribution in [0.15, 0.2) is 82.2 Å². The molecule has 0 spiro atoms. The Hall–Kier alpha value is -3.37. The van der Waals surface area contributed by atoms with Gasteiger partial charge in [0.1, 0.15) is 18.3 Å². The summed E-state index contributed by atoms with van der Waals surface area (Å²) in [5, 5.41) is 2.93. The molecular formula is C30H36BrN3O5S. The molecule has 1 N–H and O–H groups in total. The van der Waals surface area contributed by atoms with E-state index in [1.165, 1.54) is 17.0 Å². The molecule has 0 aliphatic rings. The monoisotopic (exact) mass is 629 g/mol. The topological polar surface area (TPSA) is 96.0 Å². The van der Waals surface area contributed by atoms with Crippen molar-refractivity contribution in [2.75, 3.05) is 18.0 Å². The highest BCUT2D eigenvalue weighted by Crippen LogP contribution is 2.27. The second-order valence-corrected chi connectivity index (χ2v) is 12.4. The molecule has 40 heavy (non-hydrogen) atoms. The van der Waals surface area contributed by atoms with Gasteiger partial charge in [0.15, 0.2) is 0 Å². The highest BCUT2D eigenvalue weighted by molar-refractivity contribution is 9.10. The lowest BCUT2D eigenvalue weighted by atomic mass is 10.1. The summed E-state index contributed by atoms with van der Waals surface area (Å²) in [6, 6.07) is 19.5. The molecule has 3 rings (SSSR count). The third-order valence-electron chi connectivity index (χ3n) is 6.64. The lowest BCUT2D eigenvalue weighted by Gasteiger charge is -2.32. The Morgan fingerprint density at radius 3 is 2.30 bits per heavy atom. The SMILES string of the molecule is CC[C@@H](C)NC(=O)[C@H](C)N(Cc1cccc(OC)c1)C(=O)CN(c1cccc(Br)c1)S(=O)(=O)c1ccc(C)cc1. The second-order valence-electron chi connectivity index (χ2n) is 9.67. The van der Waals surface area contributed by atoms with Crippen molar-refractivity contribution in [1.82, 2.24) is 10.2 Å².